The highest BCUT2D eigenvalue weighted by atomic mass is 16.1. The normalized spacial score (nSPS) is 48.5. The first-order valence-corrected chi connectivity index (χ1v) is 9.33. The number of hydrogen-bond acceptors (Lipinski definition) is 2. The molecule has 0 aliphatic heterocycles. The number of nitrogens with zero attached hydrogens (tertiary/aromatic N) is 1. The second-order valence-corrected chi connectivity index (χ2v) is 8.57. The van der Waals surface area contributed by atoms with Gasteiger partial charge in [-0.3, -0.25) is 4.79 Å². The van der Waals surface area contributed by atoms with Gasteiger partial charge >= 0.3 is 0 Å². The fourth-order valence-corrected chi connectivity index (χ4v) is 6.66. The molecular weight excluding hydrogens is 282 g/mol. The van der Waals surface area contributed by atoms with E-state index in [2.05, 4.69) is 31.7 Å². The highest BCUT2D eigenvalue weighted by molar-refractivity contribution is 5.82. The Hall–Kier alpha value is -1.36. The standard InChI is InChI=1S/C21H27NO/c1-3-13-10-14-11-16(23)5-6-17(14)18-8-9-21(2)15(12-22)4-7-19(21)20(13)18/h3,10,13,15,17-20H,1,4-9,11H2,2H3/t13-,15+,17-,18+,19-,20+,21+/m0/s1. The maximum Gasteiger partial charge on any atom is 0.136 e. The van der Waals surface area contributed by atoms with Crippen LogP contribution >= 0.6 is 0 Å². The molecule has 2 nitrogen and oxygen atoms in total. The molecule has 4 aliphatic carbocycles. The van der Waals surface area contributed by atoms with Crippen molar-refractivity contribution >= 4 is 5.78 Å². The molecule has 2 heteroatoms. The molecule has 0 bridgehead atoms. The summed E-state index contributed by atoms with van der Waals surface area (Å²) in [6.45, 7) is 6.49. The molecule has 4 aliphatic rings. The molecule has 23 heavy (non-hydrogen) atoms. The largest absolute Gasteiger partial charge is 0.299 e. The Morgan fingerprint density at radius 1 is 1.35 bits per heavy atom. The molecule has 0 aromatic heterocycles. The average Bonchev–Trinajstić information content (AvgIpc) is 2.89. The number of hydrogen-bond donors (Lipinski definition) is 0. The van der Waals surface area contributed by atoms with Gasteiger partial charge in [-0.25, -0.2) is 0 Å². The molecule has 0 aromatic rings. The average molecular weight is 309 g/mol. The van der Waals surface area contributed by atoms with E-state index in [4.69, 9.17) is 0 Å². The van der Waals surface area contributed by atoms with Crippen LogP contribution in [0.3, 0.4) is 0 Å². The number of rotatable bonds is 1. The van der Waals surface area contributed by atoms with Crippen LogP contribution in [0.4, 0.5) is 0 Å². The minimum absolute atomic E-state index is 0.201. The van der Waals surface area contributed by atoms with Crippen molar-refractivity contribution in [3.8, 4) is 6.07 Å². The van der Waals surface area contributed by atoms with Crippen molar-refractivity contribution in [2.45, 2.75) is 51.9 Å². The SMILES string of the molecule is C=C[C@H]1C=C2CC(=O)CC[C@@H]2[C@H]2CC[C@]3(C)[C@@H](C#N)CC[C@H]3[C@H]12. The summed E-state index contributed by atoms with van der Waals surface area (Å²) in [5.41, 5.74) is 1.61. The lowest BCUT2D eigenvalue weighted by molar-refractivity contribution is -0.120. The van der Waals surface area contributed by atoms with Crippen molar-refractivity contribution in [2.75, 3.05) is 0 Å². The molecular formula is C21H27NO. The smallest absolute Gasteiger partial charge is 0.136 e. The second kappa shape index (κ2) is 5.33. The molecule has 4 rings (SSSR count). The van der Waals surface area contributed by atoms with Gasteiger partial charge in [0.15, 0.2) is 0 Å². The van der Waals surface area contributed by atoms with Gasteiger partial charge in [0, 0.05) is 12.8 Å². The number of carbonyl (C=O) groups excluding carboxylic acids is 1. The first-order valence-electron chi connectivity index (χ1n) is 9.33. The minimum Gasteiger partial charge on any atom is -0.299 e. The predicted octanol–water partition coefficient (Wildman–Crippen LogP) is 4.68. The summed E-state index contributed by atoms with van der Waals surface area (Å²) < 4.78 is 0. The Kier molecular flexibility index (Phi) is 3.52. The van der Waals surface area contributed by atoms with E-state index in [1.807, 2.05) is 0 Å². The summed E-state index contributed by atoms with van der Waals surface area (Å²) in [4.78, 5) is 11.9. The molecule has 0 unspecified atom stereocenters. The Balaban J connectivity index is 1.72. The Morgan fingerprint density at radius 2 is 2.17 bits per heavy atom. The third-order valence-corrected chi connectivity index (χ3v) is 7.79. The van der Waals surface area contributed by atoms with Gasteiger partial charge in [0.25, 0.3) is 0 Å². The van der Waals surface area contributed by atoms with E-state index < -0.39 is 0 Å². The van der Waals surface area contributed by atoms with Gasteiger partial charge in [-0.05, 0) is 67.1 Å². The Labute approximate surface area is 139 Å². The molecule has 0 spiro atoms. The van der Waals surface area contributed by atoms with Crippen LogP contribution in [0.5, 0.6) is 0 Å². The zero-order chi connectivity index (χ0) is 16.2. The number of Topliss-reactive ketones (excluding diaryl/α,β-unsaturated/α-hetero) is 1. The van der Waals surface area contributed by atoms with Gasteiger partial charge in [-0.1, -0.05) is 24.6 Å². The highest BCUT2D eigenvalue weighted by Gasteiger charge is 2.57. The lowest BCUT2D eigenvalue weighted by atomic mass is 9.49. The maximum atomic E-state index is 11.9. The van der Waals surface area contributed by atoms with Gasteiger partial charge in [0.05, 0.1) is 12.0 Å². The highest BCUT2D eigenvalue weighted by Crippen LogP contribution is 2.64. The fourth-order valence-electron chi connectivity index (χ4n) is 6.66. The van der Waals surface area contributed by atoms with E-state index in [1.54, 1.807) is 0 Å². The van der Waals surface area contributed by atoms with Crippen molar-refractivity contribution in [1.82, 2.24) is 0 Å². The summed E-state index contributed by atoms with van der Waals surface area (Å²) in [6, 6.07) is 2.61. The molecule has 0 N–H and O–H groups in total. The van der Waals surface area contributed by atoms with Crippen molar-refractivity contribution < 1.29 is 4.79 Å². The van der Waals surface area contributed by atoms with E-state index in [0.29, 0.717) is 41.8 Å². The molecule has 3 fully saturated rings. The molecule has 3 saturated carbocycles. The number of fused-ring (bicyclic) bond motifs is 5. The Morgan fingerprint density at radius 3 is 2.91 bits per heavy atom. The maximum absolute atomic E-state index is 11.9. The second-order valence-electron chi connectivity index (χ2n) is 8.57. The fraction of sp³-hybridized carbons (Fsp3) is 0.714. The van der Waals surface area contributed by atoms with Gasteiger partial charge < -0.3 is 0 Å². The lowest BCUT2D eigenvalue weighted by Gasteiger charge is -2.54. The third-order valence-electron chi connectivity index (χ3n) is 7.79. The van der Waals surface area contributed by atoms with Crippen molar-refractivity contribution in [3.63, 3.8) is 0 Å². The quantitative estimate of drug-likeness (QED) is 0.660. The van der Waals surface area contributed by atoms with Crippen LogP contribution in [-0.4, -0.2) is 5.78 Å². The summed E-state index contributed by atoms with van der Waals surface area (Å²) in [6.07, 6.45) is 11.7. The first-order chi connectivity index (χ1) is 11.1. The molecule has 122 valence electrons. The lowest BCUT2D eigenvalue weighted by Crippen LogP contribution is -2.48. The number of nitriles is 1. The van der Waals surface area contributed by atoms with E-state index >= 15 is 0 Å². The van der Waals surface area contributed by atoms with E-state index in [0.717, 1.165) is 19.3 Å². The number of allylic oxidation sites excluding steroid dienone is 3. The summed E-state index contributed by atoms with van der Waals surface area (Å²) in [5, 5.41) is 9.59. The van der Waals surface area contributed by atoms with Crippen molar-refractivity contribution in [2.24, 2.45) is 40.9 Å². The van der Waals surface area contributed by atoms with Gasteiger partial charge in [0.2, 0.25) is 0 Å². The number of carbonyl (C=O) groups is 1. The first kappa shape index (κ1) is 15.2. The van der Waals surface area contributed by atoms with Gasteiger partial charge in [-0.15, -0.1) is 6.58 Å². The van der Waals surface area contributed by atoms with Gasteiger partial charge in [-0.2, -0.15) is 5.26 Å². The zero-order valence-corrected chi connectivity index (χ0v) is 14.1. The van der Waals surface area contributed by atoms with Crippen LogP contribution in [0, 0.1) is 52.3 Å². The van der Waals surface area contributed by atoms with Crippen molar-refractivity contribution in [1.29, 1.82) is 5.26 Å². The van der Waals surface area contributed by atoms with Crippen LogP contribution in [0.25, 0.3) is 0 Å². The predicted molar refractivity (Wildman–Crippen MR) is 90.3 cm³/mol. The third kappa shape index (κ3) is 2.09. The van der Waals surface area contributed by atoms with Crippen molar-refractivity contribution in [3.05, 3.63) is 24.3 Å². The molecule has 0 amide bonds. The van der Waals surface area contributed by atoms with Crippen LogP contribution in [-0.2, 0) is 4.79 Å². The monoisotopic (exact) mass is 309 g/mol. The zero-order valence-electron chi connectivity index (χ0n) is 14.1. The molecule has 7 atom stereocenters. The Bertz CT molecular complexity index is 612. The van der Waals surface area contributed by atoms with Crippen LogP contribution < -0.4 is 0 Å². The van der Waals surface area contributed by atoms with E-state index in [1.165, 1.54) is 24.8 Å². The molecule has 0 saturated heterocycles. The summed E-state index contributed by atoms with van der Waals surface area (Å²) in [7, 11) is 0. The topological polar surface area (TPSA) is 40.9 Å². The minimum atomic E-state index is 0.201. The molecule has 0 aromatic carbocycles. The molecule has 0 radical (unpaired) electrons. The van der Waals surface area contributed by atoms with Crippen LogP contribution in [0.15, 0.2) is 24.3 Å². The van der Waals surface area contributed by atoms with E-state index in [9.17, 15) is 10.1 Å². The van der Waals surface area contributed by atoms with Crippen LogP contribution in [0.1, 0.15) is 51.9 Å². The van der Waals surface area contributed by atoms with Gasteiger partial charge in [0.1, 0.15) is 5.78 Å². The summed E-state index contributed by atoms with van der Waals surface area (Å²) >= 11 is 0. The molecule has 0 heterocycles. The number of ketones is 1. The van der Waals surface area contributed by atoms with Crippen LogP contribution in [0.2, 0.25) is 0 Å². The van der Waals surface area contributed by atoms with E-state index in [-0.39, 0.29) is 11.3 Å². The summed E-state index contributed by atoms with van der Waals surface area (Å²) in [5.74, 6) is 3.69.